The molecule has 0 radical (unpaired) electrons. The second-order valence-electron chi connectivity index (χ2n) is 8.09. The van der Waals surface area contributed by atoms with Crippen molar-refractivity contribution in [2.24, 2.45) is 11.8 Å². The molecule has 4 saturated heterocycles. The van der Waals surface area contributed by atoms with Crippen LogP contribution in [0.4, 0.5) is 0 Å². The molecule has 2 aromatic heterocycles. The summed E-state index contributed by atoms with van der Waals surface area (Å²) in [4.78, 5) is 56.8. The number of nitrogens with zero attached hydrogens (tertiary/aromatic N) is 4. The van der Waals surface area contributed by atoms with Gasteiger partial charge in [-0.3, -0.25) is 29.0 Å². The van der Waals surface area contributed by atoms with E-state index < -0.39 is 36.0 Å². The van der Waals surface area contributed by atoms with E-state index in [2.05, 4.69) is 0 Å². The third-order valence-corrected chi connectivity index (χ3v) is 8.72. The van der Waals surface area contributed by atoms with Gasteiger partial charge in [0.15, 0.2) is 0 Å². The van der Waals surface area contributed by atoms with Gasteiger partial charge in [-0.05, 0) is 22.9 Å². The molecule has 2 aromatic rings. The van der Waals surface area contributed by atoms with Gasteiger partial charge in [-0.2, -0.15) is 0 Å². The van der Waals surface area contributed by atoms with E-state index in [4.69, 9.17) is 0 Å². The SMILES string of the molecule is CN1C(=O)[C@H]2[C@@H](C1=O)N1[C@H](c3cccs3)[C@@H]3C(=O)N(C)C(=O)[C@H]3N1[C@@H]2c1cccs1. The maximum atomic E-state index is 13.2. The Bertz CT molecular complexity index is 998. The van der Waals surface area contributed by atoms with Crippen molar-refractivity contribution in [1.29, 1.82) is 0 Å². The second-order valence-corrected chi connectivity index (χ2v) is 10.1. The summed E-state index contributed by atoms with van der Waals surface area (Å²) in [5, 5.41) is 7.64. The van der Waals surface area contributed by atoms with E-state index in [-0.39, 0.29) is 23.6 Å². The van der Waals surface area contributed by atoms with Crippen LogP contribution in [-0.4, -0.2) is 69.6 Å². The Morgan fingerprint density at radius 1 is 0.633 bits per heavy atom. The summed E-state index contributed by atoms with van der Waals surface area (Å²) in [5.74, 6) is -2.21. The normalized spacial score (nSPS) is 36.2. The number of hydrogen-bond acceptors (Lipinski definition) is 8. The first-order valence-electron chi connectivity index (χ1n) is 9.69. The van der Waals surface area contributed by atoms with E-state index in [9.17, 15) is 19.2 Å². The Morgan fingerprint density at radius 2 is 1.03 bits per heavy atom. The Morgan fingerprint density at radius 3 is 1.37 bits per heavy atom. The Kier molecular flexibility index (Phi) is 3.72. The van der Waals surface area contributed by atoms with Gasteiger partial charge in [0.25, 0.3) is 0 Å². The predicted molar refractivity (Wildman–Crippen MR) is 108 cm³/mol. The fourth-order valence-corrected chi connectivity index (χ4v) is 7.32. The third kappa shape index (κ3) is 2.02. The van der Waals surface area contributed by atoms with Crippen LogP contribution in [0, 0.1) is 11.8 Å². The van der Waals surface area contributed by atoms with Crippen molar-refractivity contribution in [3.63, 3.8) is 0 Å². The first-order valence-corrected chi connectivity index (χ1v) is 11.5. The highest BCUT2D eigenvalue weighted by atomic mass is 32.1. The zero-order valence-corrected chi connectivity index (χ0v) is 17.8. The van der Waals surface area contributed by atoms with Gasteiger partial charge in [0.05, 0.1) is 23.9 Å². The molecule has 0 saturated carbocycles. The van der Waals surface area contributed by atoms with Gasteiger partial charge in [0.2, 0.25) is 23.6 Å². The first-order chi connectivity index (χ1) is 14.4. The minimum absolute atomic E-state index is 0.232. The lowest BCUT2D eigenvalue weighted by Crippen LogP contribution is -2.48. The summed E-state index contributed by atoms with van der Waals surface area (Å²) >= 11 is 3.00. The molecular formula is C20H18N4O4S2. The number of rotatable bonds is 2. The molecule has 30 heavy (non-hydrogen) atoms. The molecule has 4 amide bonds. The molecular weight excluding hydrogens is 424 g/mol. The van der Waals surface area contributed by atoms with E-state index in [1.807, 2.05) is 45.0 Å². The van der Waals surface area contributed by atoms with Gasteiger partial charge in [-0.15, -0.1) is 22.7 Å². The number of carbonyl (C=O) groups is 4. The lowest BCUT2D eigenvalue weighted by molar-refractivity contribution is -0.151. The molecule has 6 rings (SSSR count). The molecule has 8 nitrogen and oxygen atoms in total. The van der Waals surface area contributed by atoms with Crippen molar-refractivity contribution in [2.75, 3.05) is 14.1 Å². The number of thiophene rings is 2. The third-order valence-electron chi connectivity index (χ3n) is 6.84. The monoisotopic (exact) mass is 442 g/mol. The summed E-state index contributed by atoms with van der Waals surface area (Å²) < 4.78 is 0. The van der Waals surface area contributed by atoms with Crippen LogP contribution in [0.1, 0.15) is 21.8 Å². The largest absolute Gasteiger partial charge is 0.284 e. The van der Waals surface area contributed by atoms with Crippen LogP contribution in [0.5, 0.6) is 0 Å². The molecule has 0 unspecified atom stereocenters. The highest BCUT2D eigenvalue weighted by Gasteiger charge is 2.73. The summed E-state index contributed by atoms with van der Waals surface area (Å²) in [6.07, 6.45) is 0. The summed E-state index contributed by atoms with van der Waals surface area (Å²) in [6.45, 7) is 0. The van der Waals surface area contributed by atoms with Crippen molar-refractivity contribution < 1.29 is 19.2 Å². The quantitative estimate of drug-likeness (QED) is 0.648. The van der Waals surface area contributed by atoms with Crippen LogP contribution >= 0.6 is 22.7 Å². The van der Waals surface area contributed by atoms with Gasteiger partial charge in [-0.25, -0.2) is 10.0 Å². The lowest BCUT2D eigenvalue weighted by atomic mass is 9.88. The number of fused-ring (bicyclic) bond motifs is 5. The van der Waals surface area contributed by atoms with Crippen molar-refractivity contribution in [1.82, 2.24) is 19.8 Å². The smallest absolute Gasteiger partial charge is 0.248 e. The Balaban J connectivity index is 1.59. The van der Waals surface area contributed by atoms with Crippen LogP contribution in [-0.2, 0) is 19.2 Å². The Hall–Kier alpha value is -2.40. The van der Waals surface area contributed by atoms with E-state index >= 15 is 0 Å². The van der Waals surface area contributed by atoms with Gasteiger partial charge < -0.3 is 0 Å². The maximum absolute atomic E-state index is 13.2. The van der Waals surface area contributed by atoms with Crippen LogP contribution in [0.15, 0.2) is 35.0 Å². The molecule has 0 N–H and O–H groups in total. The van der Waals surface area contributed by atoms with Crippen LogP contribution in [0.2, 0.25) is 0 Å². The zero-order chi connectivity index (χ0) is 20.9. The zero-order valence-electron chi connectivity index (χ0n) is 16.2. The van der Waals surface area contributed by atoms with Crippen LogP contribution < -0.4 is 0 Å². The summed E-state index contributed by atoms with van der Waals surface area (Å²) in [6, 6.07) is 5.36. The van der Waals surface area contributed by atoms with E-state index in [0.29, 0.717) is 0 Å². The summed E-state index contributed by atoms with van der Waals surface area (Å²) in [5.41, 5.74) is 0. The van der Waals surface area contributed by atoms with Gasteiger partial charge in [-0.1, -0.05) is 12.1 Å². The Labute approximate surface area is 180 Å². The topological polar surface area (TPSA) is 81.2 Å². The van der Waals surface area contributed by atoms with Gasteiger partial charge >= 0.3 is 0 Å². The van der Waals surface area contributed by atoms with E-state index in [1.54, 1.807) is 0 Å². The maximum Gasteiger partial charge on any atom is 0.248 e. The number of likely N-dealkylation sites (tertiary alicyclic amines) is 2. The highest BCUT2D eigenvalue weighted by Crippen LogP contribution is 2.59. The number of hydrogen-bond donors (Lipinski definition) is 0. The molecule has 4 aliphatic rings. The number of hydrazine groups is 1. The standard InChI is InChI=1S/C20H18N4O4S2/c1-21-17(25)11-13(9-5-3-7-29-9)24-16-12(18(26)22(2)20(16)28)14(10-6-4-8-30-10)23(24)15(11)19(21)27/h3-8,11-16H,1-2H3/t11-,12+,13-,14-,15+,16+/m1/s1. The predicted octanol–water partition coefficient (Wildman–Crippen LogP) is 1.10. The minimum Gasteiger partial charge on any atom is -0.284 e. The molecule has 6 heterocycles. The molecule has 154 valence electrons. The van der Waals surface area contributed by atoms with Crippen molar-refractivity contribution in [2.45, 2.75) is 24.2 Å². The average molecular weight is 443 g/mol. The average Bonchev–Trinajstić information content (AvgIpc) is 3.54. The van der Waals surface area contributed by atoms with Crippen LogP contribution in [0.25, 0.3) is 0 Å². The molecule has 0 bridgehead atoms. The summed E-state index contributed by atoms with van der Waals surface area (Å²) in [7, 11) is 3.03. The number of amides is 4. The lowest BCUT2D eigenvalue weighted by Gasteiger charge is -2.34. The molecule has 0 aromatic carbocycles. The molecule has 6 atom stereocenters. The van der Waals surface area contributed by atoms with Crippen molar-refractivity contribution >= 4 is 46.3 Å². The van der Waals surface area contributed by atoms with E-state index in [0.717, 1.165) is 9.75 Å². The first kappa shape index (κ1) is 18.4. The molecule has 10 heteroatoms. The molecule has 4 fully saturated rings. The van der Waals surface area contributed by atoms with Crippen molar-refractivity contribution in [3.8, 4) is 0 Å². The van der Waals surface area contributed by atoms with Gasteiger partial charge in [0, 0.05) is 23.8 Å². The molecule has 0 aliphatic carbocycles. The fourth-order valence-electron chi connectivity index (χ4n) is 5.59. The van der Waals surface area contributed by atoms with Gasteiger partial charge in [0.1, 0.15) is 12.1 Å². The number of carbonyl (C=O) groups excluding carboxylic acids is 4. The second kappa shape index (κ2) is 6.07. The van der Waals surface area contributed by atoms with Crippen molar-refractivity contribution in [3.05, 3.63) is 44.8 Å². The van der Waals surface area contributed by atoms with Crippen LogP contribution in [0.3, 0.4) is 0 Å². The fraction of sp³-hybridized carbons (Fsp3) is 0.400. The number of likely N-dealkylation sites (N-methyl/N-ethyl adjacent to an activating group) is 2. The molecule has 0 spiro atoms. The van der Waals surface area contributed by atoms with E-state index in [1.165, 1.54) is 46.6 Å². The minimum atomic E-state index is -0.710. The molecule has 4 aliphatic heterocycles. The number of imide groups is 2. The highest BCUT2D eigenvalue weighted by molar-refractivity contribution is 7.10.